The molecule has 0 bridgehead atoms. The Bertz CT molecular complexity index is 1150. The molecule has 0 aliphatic rings. The highest BCUT2D eigenvalue weighted by Crippen LogP contribution is 2.40. The smallest absolute Gasteiger partial charge is 0.331 e. The molecule has 0 radical (unpaired) electrons. The number of carbonyl (C=O) groups is 1. The molecule has 33 heavy (non-hydrogen) atoms. The van der Waals surface area contributed by atoms with Crippen molar-refractivity contribution in [1.29, 1.82) is 0 Å². The second-order valence-electron chi connectivity index (χ2n) is 7.87. The molecular weight excluding hydrogens is 410 g/mol. The molecule has 4 rings (SSSR count). The van der Waals surface area contributed by atoms with Crippen LogP contribution < -0.4 is 5.32 Å². The van der Waals surface area contributed by atoms with Crippen LogP contribution in [0, 0.1) is 0 Å². The third-order valence-corrected chi connectivity index (χ3v) is 5.88. The predicted molar refractivity (Wildman–Crippen MR) is 132 cm³/mol. The van der Waals surface area contributed by atoms with E-state index in [0.29, 0.717) is 12.0 Å². The van der Waals surface area contributed by atoms with Crippen LogP contribution in [0.25, 0.3) is 6.08 Å². The second kappa shape index (κ2) is 9.57. The van der Waals surface area contributed by atoms with Gasteiger partial charge in [-0.3, -0.25) is 4.68 Å². The van der Waals surface area contributed by atoms with Crippen molar-refractivity contribution in [2.24, 2.45) is 7.05 Å². The molecule has 1 heterocycles. The van der Waals surface area contributed by atoms with E-state index >= 15 is 0 Å². The van der Waals surface area contributed by atoms with E-state index in [2.05, 4.69) is 46.8 Å². The molecule has 4 aromatic rings. The quantitative estimate of drug-likeness (QED) is 0.274. The predicted octanol–water partition coefficient (Wildman–Crippen LogP) is 5.70. The van der Waals surface area contributed by atoms with E-state index in [1.165, 1.54) is 0 Å². The van der Waals surface area contributed by atoms with Crippen molar-refractivity contribution in [2.75, 3.05) is 5.32 Å². The van der Waals surface area contributed by atoms with Crippen LogP contribution in [0.4, 0.5) is 5.82 Å². The van der Waals surface area contributed by atoms with Crippen LogP contribution in [-0.4, -0.2) is 20.9 Å². The van der Waals surface area contributed by atoms with Crippen molar-refractivity contribution in [1.82, 2.24) is 9.78 Å². The number of aryl methyl sites for hydroxylation is 1. The number of nitrogens with one attached hydrogen (secondary N) is 1. The van der Waals surface area contributed by atoms with E-state index in [0.717, 1.165) is 28.1 Å². The van der Waals surface area contributed by atoms with Crippen molar-refractivity contribution >= 4 is 17.9 Å². The maximum Gasteiger partial charge on any atom is 0.331 e. The van der Waals surface area contributed by atoms with Crippen molar-refractivity contribution in [3.63, 3.8) is 0 Å². The molecule has 2 N–H and O–H groups in total. The molecule has 166 valence electrons. The summed E-state index contributed by atoms with van der Waals surface area (Å²) in [4.78, 5) is 11.7. The topological polar surface area (TPSA) is 67.2 Å². The van der Waals surface area contributed by atoms with Crippen LogP contribution in [0.1, 0.15) is 35.6 Å². The Hall–Kier alpha value is -4.12. The van der Waals surface area contributed by atoms with Gasteiger partial charge in [0.1, 0.15) is 11.4 Å². The van der Waals surface area contributed by atoms with Gasteiger partial charge >= 0.3 is 5.97 Å². The average molecular weight is 438 g/mol. The second-order valence-corrected chi connectivity index (χ2v) is 7.87. The zero-order valence-corrected chi connectivity index (χ0v) is 18.8. The Kier molecular flexibility index (Phi) is 6.41. The summed E-state index contributed by atoms with van der Waals surface area (Å²) >= 11 is 0. The first-order valence-corrected chi connectivity index (χ1v) is 11.0. The number of benzene rings is 3. The third-order valence-electron chi connectivity index (χ3n) is 5.88. The van der Waals surface area contributed by atoms with Gasteiger partial charge in [-0.2, -0.15) is 5.10 Å². The molecular formula is C28H27N3O2. The lowest BCUT2D eigenvalue weighted by Gasteiger charge is -2.38. The Morgan fingerprint density at radius 3 is 1.76 bits per heavy atom. The van der Waals surface area contributed by atoms with Gasteiger partial charge in [0.2, 0.25) is 0 Å². The summed E-state index contributed by atoms with van der Waals surface area (Å²) in [5.41, 5.74) is 3.52. The van der Waals surface area contributed by atoms with Crippen molar-refractivity contribution < 1.29 is 9.90 Å². The van der Waals surface area contributed by atoms with Gasteiger partial charge in [-0.25, -0.2) is 4.79 Å². The molecule has 0 unspecified atom stereocenters. The minimum absolute atomic E-state index is 0.329. The summed E-state index contributed by atoms with van der Waals surface area (Å²) < 4.78 is 1.75. The first kappa shape index (κ1) is 22.1. The van der Waals surface area contributed by atoms with Crippen LogP contribution in [-0.2, 0) is 17.4 Å². The number of aliphatic carboxylic acids is 1. The number of hydrogen-bond acceptors (Lipinski definition) is 3. The van der Waals surface area contributed by atoms with E-state index < -0.39 is 11.5 Å². The summed E-state index contributed by atoms with van der Waals surface area (Å²) in [7, 11) is 1.86. The highest BCUT2D eigenvalue weighted by molar-refractivity contribution is 5.93. The van der Waals surface area contributed by atoms with Gasteiger partial charge < -0.3 is 10.4 Å². The van der Waals surface area contributed by atoms with Crippen LogP contribution >= 0.6 is 0 Å². The highest BCUT2D eigenvalue weighted by atomic mass is 16.4. The SMILES string of the molecule is CCC(=Cc1cnn(C)c1NC(c1ccccc1)(c1ccccc1)c1ccccc1)C(=O)O. The molecule has 0 atom stereocenters. The number of carboxylic acids is 1. The molecule has 0 spiro atoms. The maximum absolute atomic E-state index is 11.7. The standard InChI is InChI=1S/C28H27N3O2/c1-3-21(27(32)33)19-22-20-29-31(2)26(22)30-28(23-13-7-4-8-14-23,24-15-9-5-10-16-24)25-17-11-6-12-18-25/h4-20,30H,3H2,1-2H3,(H,32,33). The summed E-state index contributed by atoms with van der Waals surface area (Å²) in [6.07, 6.45) is 3.82. The van der Waals surface area contributed by atoms with Gasteiger partial charge in [0.25, 0.3) is 0 Å². The van der Waals surface area contributed by atoms with Gasteiger partial charge in [-0.15, -0.1) is 0 Å². The van der Waals surface area contributed by atoms with Gasteiger partial charge in [0.15, 0.2) is 0 Å². The zero-order valence-electron chi connectivity index (χ0n) is 18.8. The monoisotopic (exact) mass is 437 g/mol. The van der Waals surface area contributed by atoms with E-state index in [4.69, 9.17) is 0 Å². The highest BCUT2D eigenvalue weighted by Gasteiger charge is 2.37. The molecule has 5 nitrogen and oxygen atoms in total. The van der Waals surface area contributed by atoms with Gasteiger partial charge in [-0.1, -0.05) is 97.9 Å². The van der Waals surface area contributed by atoms with Gasteiger partial charge in [0, 0.05) is 18.2 Å². The minimum Gasteiger partial charge on any atom is -0.478 e. The van der Waals surface area contributed by atoms with E-state index in [9.17, 15) is 9.90 Å². The van der Waals surface area contributed by atoms with Crippen molar-refractivity contribution in [3.8, 4) is 0 Å². The fraction of sp³-hybridized carbons (Fsp3) is 0.143. The Balaban J connectivity index is 1.99. The molecule has 0 saturated heterocycles. The number of hydrogen-bond donors (Lipinski definition) is 2. The number of aromatic nitrogens is 2. The first-order chi connectivity index (χ1) is 16.1. The van der Waals surface area contributed by atoms with Crippen LogP contribution in [0.2, 0.25) is 0 Å². The lowest BCUT2D eigenvalue weighted by atomic mass is 9.77. The lowest BCUT2D eigenvalue weighted by Crippen LogP contribution is -2.39. The summed E-state index contributed by atoms with van der Waals surface area (Å²) in [6, 6.07) is 30.8. The van der Waals surface area contributed by atoms with Crippen LogP contribution in [0.3, 0.4) is 0 Å². The summed E-state index contributed by atoms with van der Waals surface area (Å²) in [5.74, 6) is -0.188. The van der Waals surface area contributed by atoms with Gasteiger partial charge in [0.05, 0.1) is 6.20 Å². The van der Waals surface area contributed by atoms with Crippen molar-refractivity contribution in [2.45, 2.75) is 18.9 Å². The van der Waals surface area contributed by atoms with Gasteiger partial charge in [-0.05, 0) is 29.2 Å². The first-order valence-electron chi connectivity index (χ1n) is 11.0. The Labute approximate surface area is 194 Å². The zero-order chi connectivity index (χ0) is 23.3. The van der Waals surface area contributed by atoms with E-state index in [-0.39, 0.29) is 0 Å². The third kappa shape index (κ3) is 4.30. The number of anilines is 1. The van der Waals surface area contributed by atoms with E-state index in [1.807, 2.05) is 68.6 Å². The van der Waals surface area contributed by atoms with Crippen LogP contribution in [0.15, 0.2) is 103 Å². The molecule has 0 fully saturated rings. The Morgan fingerprint density at radius 1 is 0.909 bits per heavy atom. The summed E-state index contributed by atoms with van der Waals surface area (Å²) in [5, 5.41) is 17.8. The molecule has 0 aliphatic heterocycles. The lowest BCUT2D eigenvalue weighted by molar-refractivity contribution is -0.132. The Morgan fingerprint density at radius 2 is 1.36 bits per heavy atom. The minimum atomic E-state index is -0.923. The fourth-order valence-electron chi connectivity index (χ4n) is 4.17. The fourth-order valence-corrected chi connectivity index (χ4v) is 4.17. The van der Waals surface area contributed by atoms with Crippen molar-refractivity contribution in [3.05, 3.63) is 125 Å². The number of rotatable bonds is 8. The number of nitrogens with zero attached hydrogens (tertiary/aromatic N) is 2. The molecule has 0 aliphatic carbocycles. The van der Waals surface area contributed by atoms with Crippen LogP contribution in [0.5, 0.6) is 0 Å². The summed E-state index contributed by atoms with van der Waals surface area (Å²) in [6.45, 7) is 1.84. The van der Waals surface area contributed by atoms with E-state index in [1.54, 1.807) is 17.0 Å². The molecule has 5 heteroatoms. The molecule has 0 amide bonds. The average Bonchev–Trinajstić information content (AvgIpc) is 3.20. The normalized spacial score (nSPS) is 11.9. The number of carboxylic acid groups (broad SMARTS) is 1. The molecule has 3 aromatic carbocycles. The largest absolute Gasteiger partial charge is 0.478 e. The maximum atomic E-state index is 11.7. The molecule has 0 saturated carbocycles. The molecule has 1 aromatic heterocycles.